The van der Waals surface area contributed by atoms with Gasteiger partial charge in [-0.3, -0.25) is 14.9 Å². The van der Waals surface area contributed by atoms with E-state index >= 15 is 0 Å². The molecule has 32 heavy (non-hydrogen) atoms. The molecule has 4 amide bonds. The van der Waals surface area contributed by atoms with Crippen molar-refractivity contribution in [1.82, 2.24) is 14.8 Å². The Bertz CT molecular complexity index is 1090. The molecule has 0 saturated carbocycles. The number of rotatable bonds is 5. The highest BCUT2D eigenvalue weighted by Gasteiger charge is 2.26. The SMILES string of the molecule is Cc1ccc(NC(=O)Nc2nc(CC(=O)N3CCN(C(=O)c4ccco4)CC3)cs2)cc1. The van der Waals surface area contributed by atoms with Crippen molar-refractivity contribution in [1.29, 1.82) is 0 Å². The molecular weight excluding hydrogens is 430 g/mol. The molecule has 166 valence electrons. The van der Waals surface area contributed by atoms with Crippen molar-refractivity contribution in [2.45, 2.75) is 13.3 Å². The number of urea groups is 1. The average Bonchev–Trinajstić information content (AvgIpc) is 3.47. The van der Waals surface area contributed by atoms with Crippen molar-refractivity contribution in [3.63, 3.8) is 0 Å². The summed E-state index contributed by atoms with van der Waals surface area (Å²) >= 11 is 1.27. The number of piperazine rings is 1. The second kappa shape index (κ2) is 9.65. The number of benzene rings is 1. The van der Waals surface area contributed by atoms with Gasteiger partial charge in [-0.15, -0.1) is 11.3 Å². The molecule has 9 nitrogen and oxygen atoms in total. The van der Waals surface area contributed by atoms with E-state index in [1.165, 1.54) is 17.6 Å². The summed E-state index contributed by atoms with van der Waals surface area (Å²) in [5, 5.41) is 7.62. The maximum Gasteiger partial charge on any atom is 0.325 e. The third-order valence-electron chi connectivity index (χ3n) is 5.07. The van der Waals surface area contributed by atoms with Gasteiger partial charge in [-0.25, -0.2) is 9.78 Å². The van der Waals surface area contributed by atoms with Gasteiger partial charge in [0.15, 0.2) is 10.9 Å². The summed E-state index contributed by atoms with van der Waals surface area (Å²) in [7, 11) is 0. The molecule has 3 heterocycles. The van der Waals surface area contributed by atoms with Crippen LogP contribution in [-0.2, 0) is 11.2 Å². The molecule has 4 rings (SSSR count). The number of nitrogens with one attached hydrogen (secondary N) is 2. The Labute approximate surface area is 189 Å². The smallest absolute Gasteiger partial charge is 0.325 e. The number of hydrogen-bond donors (Lipinski definition) is 2. The predicted molar refractivity (Wildman–Crippen MR) is 121 cm³/mol. The molecule has 0 spiro atoms. The van der Waals surface area contributed by atoms with Crippen LogP contribution < -0.4 is 10.6 Å². The number of anilines is 2. The van der Waals surface area contributed by atoms with Gasteiger partial charge in [-0.2, -0.15) is 0 Å². The average molecular weight is 454 g/mol. The van der Waals surface area contributed by atoms with Gasteiger partial charge in [0.05, 0.1) is 18.4 Å². The summed E-state index contributed by atoms with van der Waals surface area (Å²) in [6.07, 6.45) is 1.61. The highest BCUT2D eigenvalue weighted by Crippen LogP contribution is 2.18. The number of amides is 4. The van der Waals surface area contributed by atoms with E-state index in [0.717, 1.165) is 5.56 Å². The second-order valence-electron chi connectivity index (χ2n) is 7.42. The van der Waals surface area contributed by atoms with E-state index in [0.29, 0.717) is 48.5 Å². The quantitative estimate of drug-likeness (QED) is 0.617. The fourth-order valence-electron chi connectivity index (χ4n) is 3.32. The standard InChI is InChI=1S/C22H23N5O4S/c1-15-4-6-16(7-5-15)23-21(30)25-22-24-17(14-32-22)13-19(28)26-8-10-27(11-9-26)20(29)18-3-2-12-31-18/h2-7,12,14H,8-11,13H2,1H3,(H2,23,24,25,30). The first-order valence-electron chi connectivity index (χ1n) is 10.2. The van der Waals surface area contributed by atoms with Crippen LogP contribution in [-0.4, -0.2) is 58.8 Å². The van der Waals surface area contributed by atoms with Crippen LogP contribution >= 0.6 is 11.3 Å². The Balaban J connectivity index is 1.24. The van der Waals surface area contributed by atoms with Gasteiger partial charge >= 0.3 is 6.03 Å². The van der Waals surface area contributed by atoms with Crippen LogP contribution in [0.1, 0.15) is 21.8 Å². The number of hydrogen-bond acceptors (Lipinski definition) is 6. The molecule has 3 aromatic rings. The maximum absolute atomic E-state index is 12.6. The number of carbonyl (C=O) groups excluding carboxylic acids is 3. The zero-order valence-electron chi connectivity index (χ0n) is 17.5. The van der Waals surface area contributed by atoms with Gasteiger partial charge in [0.1, 0.15) is 0 Å². The van der Waals surface area contributed by atoms with E-state index in [4.69, 9.17) is 4.42 Å². The normalized spacial score (nSPS) is 13.7. The van der Waals surface area contributed by atoms with Crippen LogP contribution in [0.25, 0.3) is 0 Å². The zero-order chi connectivity index (χ0) is 22.5. The van der Waals surface area contributed by atoms with E-state index in [1.807, 2.05) is 31.2 Å². The Morgan fingerprint density at radius 1 is 1.03 bits per heavy atom. The molecule has 0 unspecified atom stereocenters. The van der Waals surface area contributed by atoms with E-state index < -0.39 is 6.03 Å². The monoisotopic (exact) mass is 453 g/mol. The number of aryl methyl sites for hydroxylation is 1. The second-order valence-corrected chi connectivity index (χ2v) is 8.27. The first kappa shape index (κ1) is 21.6. The maximum atomic E-state index is 12.6. The summed E-state index contributed by atoms with van der Waals surface area (Å²) < 4.78 is 5.16. The lowest BCUT2D eigenvalue weighted by molar-refractivity contribution is -0.132. The molecule has 1 aliphatic heterocycles. The Morgan fingerprint density at radius 2 is 1.75 bits per heavy atom. The molecule has 0 aliphatic carbocycles. The highest BCUT2D eigenvalue weighted by molar-refractivity contribution is 7.14. The lowest BCUT2D eigenvalue weighted by atomic mass is 10.2. The minimum Gasteiger partial charge on any atom is -0.459 e. The number of furan rings is 1. The summed E-state index contributed by atoms with van der Waals surface area (Å²) in [4.78, 5) is 44.9. The summed E-state index contributed by atoms with van der Waals surface area (Å²) in [6.45, 7) is 3.80. The predicted octanol–water partition coefficient (Wildman–Crippen LogP) is 3.22. The Kier molecular flexibility index (Phi) is 6.50. The number of nitrogens with zero attached hydrogens (tertiary/aromatic N) is 3. The third-order valence-corrected chi connectivity index (χ3v) is 5.87. The van der Waals surface area contributed by atoms with Crippen LogP contribution in [0.15, 0.2) is 52.5 Å². The van der Waals surface area contributed by atoms with E-state index in [-0.39, 0.29) is 18.2 Å². The Morgan fingerprint density at radius 3 is 2.44 bits per heavy atom. The lowest BCUT2D eigenvalue weighted by Crippen LogP contribution is -2.50. The zero-order valence-corrected chi connectivity index (χ0v) is 18.4. The van der Waals surface area contributed by atoms with Crippen molar-refractivity contribution in [2.24, 2.45) is 0 Å². The van der Waals surface area contributed by atoms with E-state index in [2.05, 4.69) is 15.6 Å². The molecular formula is C22H23N5O4S. The largest absolute Gasteiger partial charge is 0.459 e. The number of aromatic nitrogens is 1. The van der Waals surface area contributed by atoms with Gasteiger partial charge < -0.3 is 19.5 Å². The number of carbonyl (C=O) groups is 3. The van der Waals surface area contributed by atoms with Gasteiger partial charge in [0.25, 0.3) is 5.91 Å². The van der Waals surface area contributed by atoms with Crippen LogP contribution in [0.2, 0.25) is 0 Å². The number of thiazole rings is 1. The van der Waals surface area contributed by atoms with Gasteiger partial charge in [0.2, 0.25) is 5.91 Å². The van der Waals surface area contributed by atoms with E-state index in [1.54, 1.807) is 27.3 Å². The van der Waals surface area contributed by atoms with Crippen LogP contribution in [0, 0.1) is 6.92 Å². The highest BCUT2D eigenvalue weighted by atomic mass is 32.1. The first-order chi connectivity index (χ1) is 15.5. The topological polar surface area (TPSA) is 108 Å². The fourth-order valence-corrected chi connectivity index (χ4v) is 4.03. The molecule has 1 saturated heterocycles. The van der Waals surface area contributed by atoms with Crippen LogP contribution in [0.4, 0.5) is 15.6 Å². The van der Waals surface area contributed by atoms with Crippen molar-refractivity contribution in [3.05, 3.63) is 65.1 Å². The van der Waals surface area contributed by atoms with Gasteiger partial charge in [0, 0.05) is 37.2 Å². The summed E-state index contributed by atoms with van der Waals surface area (Å²) in [6, 6.07) is 10.4. The Hall–Kier alpha value is -3.66. The van der Waals surface area contributed by atoms with Crippen molar-refractivity contribution in [3.8, 4) is 0 Å². The minimum atomic E-state index is -0.390. The molecule has 0 atom stereocenters. The molecule has 0 radical (unpaired) electrons. The van der Waals surface area contributed by atoms with Crippen molar-refractivity contribution < 1.29 is 18.8 Å². The lowest BCUT2D eigenvalue weighted by Gasteiger charge is -2.34. The molecule has 2 aromatic heterocycles. The van der Waals surface area contributed by atoms with Crippen molar-refractivity contribution in [2.75, 3.05) is 36.8 Å². The van der Waals surface area contributed by atoms with Gasteiger partial charge in [-0.1, -0.05) is 17.7 Å². The van der Waals surface area contributed by atoms with Crippen molar-refractivity contribution >= 4 is 40.0 Å². The third kappa shape index (κ3) is 5.33. The minimum absolute atomic E-state index is 0.0592. The molecule has 10 heteroatoms. The van der Waals surface area contributed by atoms with Crippen LogP contribution in [0.3, 0.4) is 0 Å². The molecule has 1 aromatic carbocycles. The summed E-state index contributed by atoms with van der Waals surface area (Å²) in [5.41, 5.74) is 2.39. The molecule has 0 bridgehead atoms. The van der Waals surface area contributed by atoms with Crippen LogP contribution in [0.5, 0.6) is 0 Å². The van der Waals surface area contributed by atoms with E-state index in [9.17, 15) is 14.4 Å². The van der Waals surface area contributed by atoms with Gasteiger partial charge in [-0.05, 0) is 31.2 Å². The molecule has 2 N–H and O–H groups in total. The first-order valence-corrected chi connectivity index (χ1v) is 11.1. The molecule has 1 aliphatic rings. The fraction of sp³-hybridized carbons (Fsp3) is 0.273. The summed E-state index contributed by atoms with van der Waals surface area (Å²) in [5.74, 6) is 0.0796. The molecule has 1 fully saturated rings.